The molecule has 0 aliphatic carbocycles. The summed E-state index contributed by atoms with van der Waals surface area (Å²) in [6, 6.07) is 1.49. The summed E-state index contributed by atoms with van der Waals surface area (Å²) in [5, 5.41) is 3.25. The lowest BCUT2D eigenvalue weighted by Crippen LogP contribution is -2.41. The van der Waals surface area contributed by atoms with Gasteiger partial charge in [0.2, 0.25) is 0 Å². The van der Waals surface area contributed by atoms with Crippen LogP contribution in [-0.2, 0) is 20.6 Å². The van der Waals surface area contributed by atoms with E-state index in [9.17, 15) is 9.59 Å². The normalized spacial score (nSPS) is 11.8. The van der Waals surface area contributed by atoms with Crippen LogP contribution in [0.1, 0.15) is 26.5 Å². The first kappa shape index (κ1) is 12.7. The van der Waals surface area contributed by atoms with Crippen LogP contribution >= 0.6 is 0 Å². The molecular weight excluding hydrogens is 206 g/mol. The topological polar surface area (TPSA) is 56.0 Å². The maximum Gasteiger partial charge on any atom is 0.330 e. The van der Waals surface area contributed by atoms with Crippen molar-refractivity contribution in [2.75, 3.05) is 0 Å². The first-order valence-electron chi connectivity index (χ1n) is 5.23. The van der Waals surface area contributed by atoms with Gasteiger partial charge in [0, 0.05) is 37.9 Å². The molecule has 0 saturated carbocycles. The summed E-state index contributed by atoms with van der Waals surface area (Å²) >= 11 is 0. The van der Waals surface area contributed by atoms with Gasteiger partial charge in [0.15, 0.2) is 0 Å². The Hall–Kier alpha value is -1.36. The minimum absolute atomic E-state index is 0.0445. The molecule has 90 valence electrons. The Bertz CT molecular complexity index is 491. The monoisotopic (exact) mass is 225 g/mol. The van der Waals surface area contributed by atoms with Crippen molar-refractivity contribution in [2.45, 2.75) is 32.9 Å². The highest BCUT2D eigenvalue weighted by atomic mass is 16.2. The zero-order valence-electron chi connectivity index (χ0n) is 10.5. The molecule has 0 bridgehead atoms. The minimum Gasteiger partial charge on any atom is -0.307 e. The molecule has 1 aromatic rings. The summed E-state index contributed by atoms with van der Waals surface area (Å²) in [6.45, 7) is 6.61. The largest absolute Gasteiger partial charge is 0.330 e. The van der Waals surface area contributed by atoms with Crippen LogP contribution in [0.3, 0.4) is 0 Å². The maximum atomic E-state index is 11.6. The second-order valence-electron chi connectivity index (χ2n) is 4.98. The van der Waals surface area contributed by atoms with E-state index in [0.29, 0.717) is 12.2 Å². The molecular formula is C11H19N3O2. The Labute approximate surface area is 94.7 Å². The summed E-state index contributed by atoms with van der Waals surface area (Å²) in [7, 11) is 3.15. The lowest BCUT2D eigenvalue weighted by molar-refractivity contribution is 0.414. The minimum atomic E-state index is -0.293. The smallest absolute Gasteiger partial charge is 0.307 e. The molecule has 0 aliphatic rings. The van der Waals surface area contributed by atoms with Crippen LogP contribution in [0.4, 0.5) is 0 Å². The average Bonchev–Trinajstić information content (AvgIpc) is 2.17. The molecule has 0 spiro atoms. The van der Waals surface area contributed by atoms with Crippen molar-refractivity contribution < 1.29 is 0 Å². The Morgan fingerprint density at radius 3 is 2.25 bits per heavy atom. The molecule has 0 amide bonds. The van der Waals surface area contributed by atoms with E-state index in [4.69, 9.17) is 0 Å². The molecule has 0 atom stereocenters. The van der Waals surface area contributed by atoms with E-state index < -0.39 is 0 Å². The second-order valence-corrected chi connectivity index (χ2v) is 4.98. The van der Waals surface area contributed by atoms with Crippen molar-refractivity contribution in [3.63, 3.8) is 0 Å². The van der Waals surface area contributed by atoms with E-state index in [0.717, 1.165) is 4.57 Å². The molecule has 1 rings (SSSR count). The van der Waals surface area contributed by atoms with Gasteiger partial charge < -0.3 is 5.32 Å². The Balaban J connectivity index is 3.08. The molecule has 16 heavy (non-hydrogen) atoms. The van der Waals surface area contributed by atoms with Gasteiger partial charge in [-0.3, -0.25) is 13.9 Å². The molecule has 0 saturated heterocycles. The van der Waals surface area contributed by atoms with E-state index in [1.54, 1.807) is 7.05 Å². The van der Waals surface area contributed by atoms with E-state index in [2.05, 4.69) is 5.32 Å². The second kappa shape index (κ2) is 4.25. The van der Waals surface area contributed by atoms with E-state index in [1.165, 1.54) is 17.7 Å². The average molecular weight is 225 g/mol. The van der Waals surface area contributed by atoms with Gasteiger partial charge in [-0.2, -0.15) is 0 Å². The van der Waals surface area contributed by atoms with Gasteiger partial charge in [-0.15, -0.1) is 0 Å². The molecule has 5 heteroatoms. The van der Waals surface area contributed by atoms with E-state index in [1.807, 2.05) is 20.8 Å². The number of rotatable bonds is 2. The first-order valence-corrected chi connectivity index (χ1v) is 5.23. The van der Waals surface area contributed by atoms with Crippen LogP contribution in [0.15, 0.2) is 15.7 Å². The SMILES string of the molecule is Cn1c(CNC(C)(C)C)cc(=O)n(C)c1=O. The summed E-state index contributed by atoms with van der Waals surface area (Å²) in [5.74, 6) is 0. The highest BCUT2D eigenvalue weighted by Crippen LogP contribution is 2.00. The Kier molecular flexibility index (Phi) is 3.38. The van der Waals surface area contributed by atoms with Gasteiger partial charge in [0.05, 0.1) is 0 Å². The van der Waals surface area contributed by atoms with E-state index in [-0.39, 0.29) is 16.8 Å². The lowest BCUT2D eigenvalue weighted by atomic mass is 10.1. The summed E-state index contributed by atoms with van der Waals surface area (Å²) in [6.07, 6.45) is 0. The third-order valence-corrected chi connectivity index (χ3v) is 2.43. The molecule has 1 heterocycles. The van der Waals surface area contributed by atoms with Crippen LogP contribution < -0.4 is 16.6 Å². The van der Waals surface area contributed by atoms with Crippen LogP contribution in [0, 0.1) is 0 Å². The molecule has 1 N–H and O–H groups in total. The summed E-state index contributed by atoms with van der Waals surface area (Å²) in [5.41, 5.74) is 0.0898. The van der Waals surface area contributed by atoms with Crippen LogP contribution in [0.25, 0.3) is 0 Å². The molecule has 0 unspecified atom stereocenters. The van der Waals surface area contributed by atoms with Gasteiger partial charge in [-0.25, -0.2) is 4.79 Å². The van der Waals surface area contributed by atoms with Crippen LogP contribution in [0.2, 0.25) is 0 Å². The Morgan fingerprint density at radius 1 is 1.19 bits per heavy atom. The fourth-order valence-electron chi connectivity index (χ4n) is 1.30. The quantitative estimate of drug-likeness (QED) is 0.769. The van der Waals surface area contributed by atoms with Crippen molar-refractivity contribution in [1.82, 2.24) is 14.5 Å². The van der Waals surface area contributed by atoms with Crippen molar-refractivity contribution in [3.05, 3.63) is 32.6 Å². The number of hydrogen-bond donors (Lipinski definition) is 1. The van der Waals surface area contributed by atoms with Crippen LogP contribution in [-0.4, -0.2) is 14.7 Å². The number of aromatic nitrogens is 2. The lowest BCUT2D eigenvalue weighted by Gasteiger charge is -2.21. The van der Waals surface area contributed by atoms with Gasteiger partial charge in [-0.05, 0) is 20.8 Å². The van der Waals surface area contributed by atoms with Gasteiger partial charge in [-0.1, -0.05) is 0 Å². The fraction of sp³-hybridized carbons (Fsp3) is 0.636. The van der Waals surface area contributed by atoms with E-state index >= 15 is 0 Å². The highest BCUT2D eigenvalue weighted by Gasteiger charge is 2.11. The standard InChI is InChI=1S/C11H19N3O2/c1-11(2,3)12-7-8-6-9(15)14(5)10(16)13(8)4/h6,12H,7H2,1-5H3. The molecule has 0 aliphatic heterocycles. The van der Waals surface area contributed by atoms with Gasteiger partial charge in [0.1, 0.15) is 0 Å². The molecule has 0 aromatic carbocycles. The third kappa shape index (κ3) is 2.82. The first-order chi connectivity index (χ1) is 7.22. The molecule has 1 aromatic heterocycles. The van der Waals surface area contributed by atoms with Gasteiger partial charge in [0.25, 0.3) is 5.56 Å². The fourth-order valence-corrected chi connectivity index (χ4v) is 1.30. The highest BCUT2D eigenvalue weighted by molar-refractivity contribution is 5.02. The maximum absolute atomic E-state index is 11.6. The number of nitrogens with zero attached hydrogens (tertiary/aromatic N) is 2. The summed E-state index contributed by atoms with van der Waals surface area (Å²) < 4.78 is 2.58. The number of nitrogens with one attached hydrogen (secondary N) is 1. The zero-order chi connectivity index (χ0) is 12.5. The van der Waals surface area contributed by atoms with Crippen molar-refractivity contribution >= 4 is 0 Å². The van der Waals surface area contributed by atoms with Crippen LogP contribution in [0.5, 0.6) is 0 Å². The Morgan fingerprint density at radius 2 is 1.75 bits per heavy atom. The van der Waals surface area contributed by atoms with Crippen molar-refractivity contribution in [3.8, 4) is 0 Å². The predicted octanol–water partition coefficient (Wildman–Crippen LogP) is -0.0279. The molecule has 0 radical (unpaired) electrons. The number of hydrogen-bond acceptors (Lipinski definition) is 3. The van der Waals surface area contributed by atoms with Gasteiger partial charge >= 0.3 is 5.69 Å². The molecule has 5 nitrogen and oxygen atoms in total. The summed E-state index contributed by atoms with van der Waals surface area (Å²) in [4.78, 5) is 23.1. The van der Waals surface area contributed by atoms with Crippen molar-refractivity contribution in [1.29, 1.82) is 0 Å². The van der Waals surface area contributed by atoms with Crippen molar-refractivity contribution in [2.24, 2.45) is 14.1 Å². The zero-order valence-corrected chi connectivity index (χ0v) is 10.5. The predicted molar refractivity (Wildman–Crippen MR) is 63.5 cm³/mol. The molecule has 0 fully saturated rings. The third-order valence-electron chi connectivity index (χ3n) is 2.43.